The van der Waals surface area contributed by atoms with Crippen molar-refractivity contribution in [1.82, 2.24) is 10.1 Å². The van der Waals surface area contributed by atoms with Crippen LogP contribution in [-0.2, 0) is 23.2 Å². The lowest BCUT2D eigenvalue weighted by Gasteiger charge is -2.11. The Bertz CT molecular complexity index is 1710. The van der Waals surface area contributed by atoms with Crippen LogP contribution in [0.4, 0.5) is 0 Å². The maximum atomic E-state index is 13.2. The summed E-state index contributed by atoms with van der Waals surface area (Å²) in [6, 6.07) is 21.6. The Labute approximate surface area is 243 Å². The molecule has 204 valence electrons. The Morgan fingerprint density at radius 2 is 1.70 bits per heavy atom. The molecule has 0 amide bonds. The number of ether oxygens (including phenoxy) is 1. The van der Waals surface area contributed by atoms with E-state index in [4.69, 9.17) is 37.6 Å². The number of pyridine rings is 1. The van der Waals surface area contributed by atoms with Gasteiger partial charge in [0.2, 0.25) is 0 Å². The van der Waals surface area contributed by atoms with E-state index < -0.39 is 16.8 Å². The van der Waals surface area contributed by atoms with Crippen LogP contribution in [0.15, 0.2) is 82.2 Å². The first kappa shape index (κ1) is 27.8. The zero-order valence-electron chi connectivity index (χ0n) is 21.6. The number of nitrogens with zero attached hydrogens (tertiary/aromatic N) is 2. The highest BCUT2D eigenvalue weighted by Gasteiger charge is 2.23. The highest BCUT2D eigenvalue weighted by Crippen LogP contribution is 2.32. The molecule has 0 saturated heterocycles. The minimum Gasteiger partial charge on any atom is -0.489 e. The SMILES string of the molecule is CC(C)c1onc(CS(=O)c2c(Cl)cccc2Cl)c1COc1ccc(-c2ccc3nc(C(=O)O)ccc3c2)cc1. The predicted octanol–water partition coefficient (Wildman–Crippen LogP) is 7.91. The van der Waals surface area contributed by atoms with Gasteiger partial charge < -0.3 is 14.4 Å². The van der Waals surface area contributed by atoms with E-state index in [-0.39, 0.29) is 24.0 Å². The molecule has 0 radical (unpaired) electrons. The van der Waals surface area contributed by atoms with Crippen LogP contribution in [-0.4, -0.2) is 25.4 Å². The van der Waals surface area contributed by atoms with Crippen molar-refractivity contribution in [2.45, 2.75) is 37.0 Å². The van der Waals surface area contributed by atoms with Crippen LogP contribution in [0.5, 0.6) is 5.75 Å². The average Bonchev–Trinajstić information content (AvgIpc) is 3.34. The zero-order chi connectivity index (χ0) is 28.4. The molecule has 10 heteroatoms. The fraction of sp³-hybridized carbons (Fsp3) is 0.167. The van der Waals surface area contributed by atoms with Crippen molar-refractivity contribution < 1.29 is 23.4 Å². The summed E-state index contributed by atoms with van der Waals surface area (Å²) in [5.41, 5.74) is 3.85. The fourth-order valence-corrected chi connectivity index (χ4v) is 6.40. The second-order valence-electron chi connectivity index (χ2n) is 9.39. The first-order valence-corrected chi connectivity index (χ1v) is 14.5. The maximum Gasteiger partial charge on any atom is 0.354 e. The summed E-state index contributed by atoms with van der Waals surface area (Å²) in [6.07, 6.45) is 0. The first-order valence-electron chi connectivity index (χ1n) is 12.4. The Morgan fingerprint density at radius 3 is 2.38 bits per heavy atom. The van der Waals surface area contributed by atoms with E-state index in [0.29, 0.717) is 37.7 Å². The van der Waals surface area contributed by atoms with Crippen LogP contribution in [0.25, 0.3) is 22.0 Å². The van der Waals surface area contributed by atoms with Gasteiger partial charge in [0.15, 0.2) is 0 Å². The third kappa shape index (κ3) is 5.89. The second-order valence-corrected chi connectivity index (χ2v) is 11.6. The standard InChI is InChI=1S/C30H24Cl2N2O5S/c1-17(2)28-22(27(34-39-28)16-40(37)29-23(31)4-3-5-24(29)32)15-38-21-10-6-18(7-11-21)19-8-12-25-20(14-19)9-13-26(33-25)30(35)36/h3-14,17H,15-16H2,1-2H3,(H,35,36). The zero-order valence-corrected chi connectivity index (χ0v) is 23.9. The Kier molecular flexibility index (Phi) is 8.21. The quantitative estimate of drug-likeness (QED) is 0.185. The molecule has 0 aliphatic rings. The van der Waals surface area contributed by atoms with Gasteiger partial charge in [-0.25, -0.2) is 9.78 Å². The summed E-state index contributed by atoms with van der Waals surface area (Å²) in [4.78, 5) is 15.7. The number of halogens is 2. The van der Waals surface area contributed by atoms with E-state index in [2.05, 4.69) is 10.1 Å². The molecule has 3 aromatic carbocycles. The van der Waals surface area contributed by atoms with Crippen LogP contribution in [0.2, 0.25) is 10.0 Å². The van der Waals surface area contributed by atoms with Crippen LogP contribution in [0.1, 0.15) is 47.3 Å². The lowest BCUT2D eigenvalue weighted by atomic mass is 10.0. The summed E-state index contributed by atoms with van der Waals surface area (Å²) < 4.78 is 24.9. The van der Waals surface area contributed by atoms with Gasteiger partial charge in [0.1, 0.15) is 29.5 Å². The Balaban J connectivity index is 1.33. The van der Waals surface area contributed by atoms with Crippen molar-refractivity contribution in [2.75, 3.05) is 0 Å². The van der Waals surface area contributed by atoms with Crippen molar-refractivity contribution in [3.05, 3.63) is 106 Å². The second kappa shape index (κ2) is 11.8. The number of hydrogen-bond donors (Lipinski definition) is 1. The molecular formula is C30H24Cl2N2O5S. The Morgan fingerprint density at radius 1 is 1.00 bits per heavy atom. The number of aromatic carboxylic acids is 1. The molecular weight excluding hydrogens is 571 g/mol. The number of carboxylic acid groups (broad SMARTS) is 1. The van der Waals surface area contributed by atoms with Gasteiger partial charge >= 0.3 is 5.97 Å². The molecule has 1 atom stereocenters. The molecule has 2 aromatic heterocycles. The lowest BCUT2D eigenvalue weighted by molar-refractivity contribution is 0.0691. The van der Waals surface area contributed by atoms with Crippen molar-refractivity contribution in [3.63, 3.8) is 0 Å². The number of carbonyl (C=O) groups is 1. The molecule has 0 bridgehead atoms. The fourth-order valence-electron chi connectivity index (χ4n) is 4.30. The number of aromatic nitrogens is 2. The van der Waals surface area contributed by atoms with E-state index in [1.165, 1.54) is 6.07 Å². The molecule has 7 nitrogen and oxygen atoms in total. The number of hydrogen-bond acceptors (Lipinski definition) is 6. The summed E-state index contributed by atoms with van der Waals surface area (Å²) >= 11 is 12.5. The van der Waals surface area contributed by atoms with Gasteiger partial charge in [-0.05, 0) is 53.6 Å². The maximum absolute atomic E-state index is 13.2. The highest BCUT2D eigenvalue weighted by atomic mass is 35.5. The number of carboxylic acids is 1. The molecule has 0 spiro atoms. The van der Waals surface area contributed by atoms with Gasteiger partial charge in [0.25, 0.3) is 0 Å². The van der Waals surface area contributed by atoms with Crippen molar-refractivity contribution in [2.24, 2.45) is 0 Å². The molecule has 0 fully saturated rings. The molecule has 5 rings (SSSR count). The molecule has 0 aliphatic carbocycles. The van der Waals surface area contributed by atoms with Crippen molar-refractivity contribution >= 4 is 50.9 Å². The number of rotatable bonds is 9. The van der Waals surface area contributed by atoms with Gasteiger partial charge in [0.05, 0.1) is 42.6 Å². The van der Waals surface area contributed by atoms with Crippen LogP contribution in [0, 0.1) is 0 Å². The van der Waals surface area contributed by atoms with E-state index in [0.717, 1.165) is 22.1 Å². The van der Waals surface area contributed by atoms with Crippen LogP contribution < -0.4 is 4.74 Å². The van der Waals surface area contributed by atoms with Gasteiger partial charge in [-0.3, -0.25) is 4.21 Å². The number of benzene rings is 3. The third-order valence-corrected chi connectivity index (χ3v) is 8.60. The van der Waals surface area contributed by atoms with E-state index in [1.54, 1.807) is 24.3 Å². The summed E-state index contributed by atoms with van der Waals surface area (Å²) in [5, 5.41) is 14.9. The Hall–Kier alpha value is -3.72. The van der Waals surface area contributed by atoms with Gasteiger partial charge in [-0.15, -0.1) is 0 Å². The van der Waals surface area contributed by atoms with E-state index >= 15 is 0 Å². The molecule has 2 heterocycles. The summed E-state index contributed by atoms with van der Waals surface area (Å²) in [7, 11) is -1.53. The first-order chi connectivity index (χ1) is 19.2. The minimum absolute atomic E-state index is 0.0114. The number of fused-ring (bicyclic) bond motifs is 1. The molecule has 0 saturated carbocycles. The minimum atomic E-state index is -1.53. The van der Waals surface area contributed by atoms with E-state index in [1.807, 2.05) is 56.3 Å². The average molecular weight is 596 g/mol. The van der Waals surface area contributed by atoms with Crippen molar-refractivity contribution in [3.8, 4) is 16.9 Å². The van der Waals surface area contributed by atoms with Crippen LogP contribution >= 0.6 is 23.2 Å². The van der Waals surface area contributed by atoms with Gasteiger partial charge in [-0.1, -0.05) is 72.5 Å². The van der Waals surface area contributed by atoms with Crippen molar-refractivity contribution in [1.29, 1.82) is 0 Å². The summed E-state index contributed by atoms with van der Waals surface area (Å²) in [6.45, 7) is 4.17. The molecule has 40 heavy (non-hydrogen) atoms. The van der Waals surface area contributed by atoms with E-state index in [9.17, 15) is 9.00 Å². The molecule has 5 aromatic rings. The molecule has 0 aliphatic heterocycles. The summed E-state index contributed by atoms with van der Waals surface area (Å²) in [5.74, 6) is 0.397. The molecule has 1 unspecified atom stereocenters. The largest absolute Gasteiger partial charge is 0.489 e. The van der Waals surface area contributed by atoms with Crippen LogP contribution in [0.3, 0.4) is 0 Å². The normalized spacial score (nSPS) is 12.1. The lowest BCUT2D eigenvalue weighted by Crippen LogP contribution is -2.06. The smallest absolute Gasteiger partial charge is 0.354 e. The highest BCUT2D eigenvalue weighted by molar-refractivity contribution is 7.84. The monoisotopic (exact) mass is 594 g/mol. The van der Waals surface area contributed by atoms with Gasteiger partial charge in [0, 0.05) is 11.3 Å². The van der Waals surface area contributed by atoms with Gasteiger partial charge in [-0.2, -0.15) is 0 Å². The third-order valence-electron chi connectivity index (χ3n) is 6.32. The molecule has 1 N–H and O–H groups in total. The topological polar surface area (TPSA) is 103 Å². The predicted molar refractivity (Wildman–Crippen MR) is 156 cm³/mol.